The smallest absolute Gasteiger partial charge is 0.0442 e. The molecule has 0 aliphatic rings. The van der Waals surface area contributed by atoms with Gasteiger partial charge in [0.1, 0.15) is 0 Å². The molecule has 0 N–H and O–H groups in total. The lowest BCUT2D eigenvalue weighted by Gasteiger charge is -2.07. The van der Waals surface area contributed by atoms with Crippen LogP contribution in [-0.4, -0.2) is 0 Å². The Morgan fingerprint density at radius 2 is 1.67 bits per heavy atom. The van der Waals surface area contributed by atoms with Gasteiger partial charge in [-0.1, -0.05) is 31.9 Å². The van der Waals surface area contributed by atoms with Gasteiger partial charge in [0.05, 0.1) is 0 Å². The van der Waals surface area contributed by atoms with Crippen LogP contribution in [0.25, 0.3) is 0 Å². The van der Waals surface area contributed by atoms with E-state index in [4.69, 9.17) is 0 Å². The van der Waals surface area contributed by atoms with E-state index in [2.05, 4.69) is 46.3 Å². The SMILES string of the molecule is CC[CH-]C(C)=CCCC=C(C)C. The lowest BCUT2D eigenvalue weighted by Crippen LogP contribution is -1.77. The highest BCUT2D eigenvalue weighted by Gasteiger charge is 1.77. The fraction of sp³-hybridized carbons (Fsp3) is 0.583. The van der Waals surface area contributed by atoms with Gasteiger partial charge in [0.2, 0.25) is 0 Å². The summed E-state index contributed by atoms with van der Waals surface area (Å²) < 4.78 is 0. The Kier molecular flexibility index (Phi) is 6.64. The van der Waals surface area contributed by atoms with Crippen LogP contribution < -0.4 is 0 Å². The van der Waals surface area contributed by atoms with Crippen LogP contribution in [0.5, 0.6) is 0 Å². The summed E-state index contributed by atoms with van der Waals surface area (Å²) in [7, 11) is 0. The van der Waals surface area contributed by atoms with Crippen molar-refractivity contribution in [3.8, 4) is 0 Å². The molecular formula is C12H21-. The minimum absolute atomic E-state index is 1.14. The summed E-state index contributed by atoms with van der Waals surface area (Å²) in [6.45, 7) is 8.64. The summed E-state index contributed by atoms with van der Waals surface area (Å²) in [5, 5.41) is 0. The van der Waals surface area contributed by atoms with Crippen LogP contribution in [0.1, 0.15) is 47.0 Å². The molecule has 0 aromatic rings. The van der Waals surface area contributed by atoms with Crippen molar-refractivity contribution in [2.45, 2.75) is 47.0 Å². The molecule has 0 rings (SSSR count). The first-order chi connectivity index (χ1) is 5.66. The molecule has 0 spiro atoms. The average molecular weight is 165 g/mol. The van der Waals surface area contributed by atoms with Crippen LogP contribution in [0, 0.1) is 6.42 Å². The fourth-order valence-corrected chi connectivity index (χ4v) is 1.09. The van der Waals surface area contributed by atoms with Crippen molar-refractivity contribution in [2.24, 2.45) is 0 Å². The van der Waals surface area contributed by atoms with Gasteiger partial charge in [0.25, 0.3) is 0 Å². The van der Waals surface area contributed by atoms with Gasteiger partial charge in [-0.25, -0.2) is 18.1 Å². The normalized spacial score (nSPS) is 11.2. The fourth-order valence-electron chi connectivity index (χ4n) is 1.09. The van der Waals surface area contributed by atoms with Gasteiger partial charge in [-0.3, -0.25) is 0 Å². The number of hydrogen-bond donors (Lipinski definition) is 0. The Bertz CT molecular complexity index is 157. The van der Waals surface area contributed by atoms with Gasteiger partial charge < -0.3 is 0 Å². The maximum Gasteiger partial charge on any atom is -0.0442 e. The Hall–Kier alpha value is -0.650. The molecule has 0 heterocycles. The second-order valence-electron chi connectivity index (χ2n) is 3.42. The molecule has 0 saturated carbocycles. The monoisotopic (exact) mass is 165 g/mol. The van der Waals surface area contributed by atoms with E-state index in [1.807, 2.05) is 0 Å². The molecule has 0 aromatic carbocycles. The van der Waals surface area contributed by atoms with Crippen molar-refractivity contribution in [3.05, 3.63) is 29.7 Å². The summed E-state index contributed by atoms with van der Waals surface area (Å²) in [5.74, 6) is 0. The highest BCUT2D eigenvalue weighted by molar-refractivity contribution is 5.09. The van der Waals surface area contributed by atoms with Gasteiger partial charge in [-0.2, -0.15) is 0 Å². The van der Waals surface area contributed by atoms with Crippen LogP contribution in [-0.2, 0) is 0 Å². The topological polar surface area (TPSA) is 0 Å². The third-order valence-electron chi connectivity index (χ3n) is 1.71. The molecule has 0 nitrogen and oxygen atoms in total. The van der Waals surface area contributed by atoms with E-state index in [-0.39, 0.29) is 0 Å². The van der Waals surface area contributed by atoms with E-state index in [1.54, 1.807) is 0 Å². The number of unbranched alkanes of at least 4 members (excludes halogenated alkanes) is 1. The summed E-state index contributed by atoms with van der Waals surface area (Å²) in [4.78, 5) is 0. The first kappa shape index (κ1) is 11.4. The zero-order valence-electron chi connectivity index (χ0n) is 8.85. The number of hydrogen-bond acceptors (Lipinski definition) is 0. The van der Waals surface area contributed by atoms with Gasteiger partial charge in [0, 0.05) is 0 Å². The maximum absolute atomic E-state index is 2.31. The van der Waals surface area contributed by atoms with Crippen LogP contribution in [0.4, 0.5) is 0 Å². The van der Waals surface area contributed by atoms with Crippen LogP contribution >= 0.6 is 0 Å². The predicted octanol–water partition coefficient (Wildman–Crippen LogP) is 4.29. The zero-order valence-corrected chi connectivity index (χ0v) is 8.85. The van der Waals surface area contributed by atoms with Crippen molar-refractivity contribution in [2.75, 3.05) is 0 Å². The van der Waals surface area contributed by atoms with Crippen molar-refractivity contribution in [3.63, 3.8) is 0 Å². The van der Waals surface area contributed by atoms with E-state index < -0.39 is 0 Å². The Labute approximate surface area is 77.4 Å². The predicted molar refractivity (Wildman–Crippen MR) is 57.0 cm³/mol. The second kappa shape index (κ2) is 7.02. The molecule has 0 aliphatic carbocycles. The quantitative estimate of drug-likeness (QED) is 0.324. The Morgan fingerprint density at radius 3 is 2.17 bits per heavy atom. The standard InChI is InChI=1S/C12H21/c1-5-8-12(4)10-7-6-9-11(2)3/h8-10H,5-7H2,1-4H3/q-1. The highest BCUT2D eigenvalue weighted by Crippen LogP contribution is 2.05. The Morgan fingerprint density at radius 1 is 1.08 bits per heavy atom. The zero-order chi connectivity index (χ0) is 9.40. The second-order valence-corrected chi connectivity index (χ2v) is 3.42. The molecular weight excluding hydrogens is 144 g/mol. The van der Waals surface area contributed by atoms with Gasteiger partial charge in [-0.15, -0.1) is 6.42 Å². The van der Waals surface area contributed by atoms with Crippen LogP contribution in [0.3, 0.4) is 0 Å². The summed E-state index contributed by atoms with van der Waals surface area (Å²) in [6, 6.07) is 0. The summed E-state index contributed by atoms with van der Waals surface area (Å²) in [5.41, 5.74) is 2.83. The maximum atomic E-state index is 2.31. The molecule has 0 unspecified atom stereocenters. The third-order valence-corrected chi connectivity index (χ3v) is 1.71. The van der Waals surface area contributed by atoms with Gasteiger partial charge in [-0.05, 0) is 20.3 Å². The highest BCUT2D eigenvalue weighted by atomic mass is 13.9. The molecule has 0 radical (unpaired) electrons. The summed E-state index contributed by atoms with van der Waals surface area (Å²) in [6.07, 6.45) is 10.4. The van der Waals surface area contributed by atoms with Crippen molar-refractivity contribution < 1.29 is 0 Å². The molecule has 0 atom stereocenters. The molecule has 0 fully saturated rings. The van der Waals surface area contributed by atoms with Gasteiger partial charge >= 0.3 is 0 Å². The lowest BCUT2D eigenvalue weighted by molar-refractivity contribution is 1.01. The molecule has 0 amide bonds. The molecule has 0 aromatic heterocycles. The molecule has 12 heavy (non-hydrogen) atoms. The average Bonchev–Trinajstić information content (AvgIpc) is 1.98. The van der Waals surface area contributed by atoms with E-state index in [1.165, 1.54) is 24.0 Å². The van der Waals surface area contributed by atoms with E-state index in [0.717, 1.165) is 6.42 Å². The minimum atomic E-state index is 1.14. The molecule has 0 saturated heterocycles. The Balaban J connectivity index is 3.53. The number of rotatable bonds is 5. The van der Waals surface area contributed by atoms with Gasteiger partial charge in [0.15, 0.2) is 0 Å². The number of allylic oxidation sites excluding steroid dienone is 4. The van der Waals surface area contributed by atoms with E-state index >= 15 is 0 Å². The molecule has 0 aliphatic heterocycles. The molecule has 70 valence electrons. The third kappa shape index (κ3) is 7.46. The van der Waals surface area contributed by atoms with Crippen molar-refractivity contribution in [1.29, 1.82) is 0 Å². The lowest BCUT2D eigenvalue weighted by atomic mass is 10.1. The molecule has 0 bridgehead atoms. The first-order valence-corrected chi connectivity index (χ1v) is 4.80. The van der Waals surface area contributed by atoms with Crippen molar-refractivity contribution >= 4 is 0 Å². The summed E-state index contributed by atoms with van der Waals surface area (Å²) >= 11 is 0. The van der Waals surface area contributed by atoms with Crippen LogP contribution in [0.2, 0.25) is 0 Å². The van der Waals surface area contributed by atoms with E-state index in [9.17, 15) is 0 Å². The minimum Gasteiger partial charge on any atom is -0.228 e. The largest absolute Gasteiger partial charge is 0.228 e. The molecule has 0 heteroatoms. The van der Waals surface area contributed by atoms with Crippen LogP contribution in [0.15, 0.2) is 23.3 Å². The first-order valence-electron chi connectivity index (χ1n) is 4.80. The van der Waals surface area contributed by atoms with Crippen molar-refractivity contribution in [1.82, 2.24) is 0 Å². The van der Waals surface area contributed by atoms with E-state index in [0.29, 0.717) is 0 Å².